The Kier molecular flexibility index (Phi) is 4.40. The minimum Gasteiger partial charge on any atom is -0.497 e. The average Bonchev–Trinajstić information content (AvgIpc) is 2.54. The predicted molar refractivity (Wildman–Crippen MR) is 70.3 cm³/mol. The molecule has 94 valence electrons. The number of nitrogens with one attached hydrogen (secondary N) is 1. The molecular weight excluding hydrogens is 212 g/mol. The SMILES string of the molecule is COc1cccc(CN2CCNCC(C)C2)c1. The molecule has 0 aliphatic carbocycles. The lowest BCUT2D eigenvalue weighted by molar-refractivity contribution is 0.256. The number of methoxy groups -OCH3 is 1. The molecule has 0 saturated carbocycles. The fraction of sp³-hybridized carbons (Fsp3) is 0.571. The van der Waals surface area contributed by atoms with Crippen LogP contribution in [0.5, 0.6) is 5.75 Å². The van der Waals surface area contributed by atoms with Crippen molar-refractivity contribution in [2.45, 2.75) is 13.5 Å². The Balaban J connectivity index is 1.98. The van der Waals surface area contributed by atoms with E-state index in [4.69, 9.17) is 4.74 Å². The van der Waals surface area contributed by atoms with Gasteiger partial charge < -0.3 is 10.1 Å². The molecule has 0 aromatic heterocycles. The second kappa shape index (κ2) is 6.03. The van der Waals surface area contributed by atoms with Crippen LogP contribution in [0.2, 0.25) is 0 Å². The van der Waals surface area contributed by atoms with Crippen LogP contribution in [-0.4, -0.2) is 38.2 Å². The molecule has 3 heteroatoms. The number of ether oxygens (including phenoxy) is 1. The molecule has 0 spiro atoms. The van der Waals surface area contributed by atoms with Crippen molar-refractivity contribution < 1.29 is 4.74 Å². The zero-order valence-electron chi connectivity index (χ0n) is 10.8. The Labute approximate surface area is 104 Å². The summed E-state index contributed by atoms with van der Waals surface area (Å²) in [7, 11) is 1.72. The molecule has 1 aliphatic rings. The molecule has 1 unspecified atom stereocenters. The monoisotopic (exact) mass is 234 g/mol. The van der Waals surface area contributed by atoms with Crippen molar-refractivity contribution >= 4 is 0 Å². The van der Waals surface area contributed by atoms with Gasteiger partial charge in [0.25, 0.3) is 0 Å². The van der Waals surface area contributed by atoms with E-state index in [-0.39, 0.29) is 0 Å². The lowest BCUT2D eigenvalue weighted by atomic mass is 10.1. The van der Waals surface area contributed by atoms with Gasteiger partial charge in [0.1, 0.15) is 5.75 Å². The normalized spacial score (nSPS) is 22.1. The first-order chi connectivity index (χ1) is 8.28. The van der Waals surface area contributed by atoms with Gasteiger partial charge in [0.2, 0.25) is 0 Å². The van der Waals surface area contributed by atoms with Crippen LogP contribution in [0.4, 0.5) is 0 Å². The van der Waals surface area contributed by atoms with Gasteiger partial charge in [0.15, 0.2) is 0 Å². The zero-order valence-corrected chi connectivity index (χ0v) is 10.8. The van der Waals surface area contributed by atoms with Gasteiger partial charge in [-0.15, -0.1) is 0 Å². The summed E-state index contributed by atoms with van der Waals surface area (Å²) < 4.78 is 5.26. The highest BCUT2D eigenvalue weighted by Gasteiger charge is 2.14. The first-order valence-electron chi connectivity index (χ1n) is 6.34. The third-order valence-corrected chi connectivity index (χ3v) is 3.21. The lowest BCUT2D eigenvalue weighted by Crippen LogP contribution is -2.28. The van der Waals surface area contributed by atoms with Crippen molar-refractivity contribution in [3.63, 3.8) is 0 Å². The van der Waals surface area contributed by atoms with Crippen LogP contribution in [0.25, 0.3) is 0 Å². The Bertz CT molecular complexity index is 354. The van der Waals surface area contributed by atoms with Crippen LogP contribution >= 0.6 is 0 Å². The van der Waals surface area contributed by atoms with Gasteiger partial charge in [-0.05, 0) is 30.2 Å². The molecule has 0 bridgehead atoms. The summed E-state index contributed by atoms with van der Waals surface area (Å²) >= 11 is 0. The maximum absolute atomic E-state index is 5.26. The number of benzene rings is 1. The van der Waals surface area contributed by atoms with E-state index in [9.17, 15) is 0 Å². The summed E-state index contributed by atoms with van der Waals surface area (Å²) in [6.07, 6.45) is 0. The van der Waals surface area contributed by atoms with Crippen molar-refractivity contribution in [1.82, 2.24) is 10.2 Å². The van der Waals surface area contributed by atoms with Crippen LogP contribution < -0.4 is 10.1 Å². The molecule has 17 heavy (non-hydrogen) atoms. The molecule has 1 aromatic carbocycles. The second-order valence-corrected chi connectivity index (χ2v) is 4.90. The molecule has 0 amide bonds. The van der Waals surface area contributed by atoms with Crippen molar-refractivity contribution in [1.29, 1.82) is 0 Å². The molecule has 1 N–H and O–H groups in total. The molecule has 3 nitrogen and oxygen atoms in total. The molecule has 0 radical (unpaired) electrons. The van der Waals surface area contributed by atoms with Crippen LogP contribution in [-0.2, 0) is 6.54 Å². The van der Waals surface area contributed by atoms with Crippen LogP contribution in [0.15, 0.2) is 24.3 Å². The molecule has 1 aromatic rings. The first kappa shape index (κ1) is 12.4. The zero-order chi connectivity index (χ0) is 12.1. The summed E-state index contributed by atoms with van der Waals surface area (Å²) in [5, 5.41) is 3.47. The molecule has 1 atom stereocenters. The largest absolute Gasteiger partial charge is 0.497 e. The van der Waals surface area contributed by atoms with Crippen molar-refractivity contribution in [2.75, 3.05) is 33.3 Å². The molecule has 1 heterocycles. The molecule has 1 fully saturated rings. The van der Waals surface area contributed by atoms with Crippen LogP contribution in [0, 0.1) is 5.92 Å². The van der Waals surface area contributed by atoms with Gasteiger partial charge in [-0.3, -0.25) is 4.90 Å². The van der Waals surface area contributed by atoms with Crippen LogP contribution in [0.1, 0.15) is 12.5 Å². The number of hydrogen-bond donors (Lipinski definition) is 1. The number of nitrogens with zero attached hydrogens (tertiary/aromatic N) is 1. The maximum Gasteiger partial charge on any atom is 0.119 e. The Morgan fingerprint density at radius 1 is 1.47 bits per heavy atom. The highest BCUT2D eigenvalue weighted by molar-refractivity contribution is 5.28. The Morgan fingerprint density at radius 2 is 2.35 bits per heavy atom. The summed E-state index contributed by atoms with van der Waals surface area (Å²) in [5.74, 6) is 1.67. The third kappa shape index (κ3) is 3.72. The topological polar surface area (TPSA) is 24.5 Å². The molecular formula is C14H22N2O. The Hall–Kier alpha value is -1.06. The van der Waals surface area contributed by atoms with Crippen molar-refractivity contribution in [3.8, 4) is 5.75 Å². The quantitative estimate of drug-likeness (QED) is 0.862. The third-order valence-electron chi connectivity index (χ3n) is 3.21. The fourth-order valence-corrected chi connectivity index (χ4v) is 2.35. The fourth-order valence-electron chi connectivity index (χ4n) is 2.35. The summed E-state index contributed by atoms with van der Waals surface area (Å²) in [6, 6.07) is 8.36. The van der Waals surface area contributed by atoms with E-state index < -0.39 is 0 Å². The summed E-state index contributed by atoms with van der Waals surface area (Å²) in [6.45, 7) is 7.84. The summed E-state index contributed by atoms with van der Waals surface area (Å²) in [4.78, 5) is 2.51. The summed E-state index contributed by atoms with van der Waals surface area (Å²) in [5.41, 5.74) is 1.33. The smallest absolute Gasteiger partial charge is 0.119 e. The number of hydrogen-bond acceptors (Lipinski definition) is 3. The van der Waals surface area contributed by atoms with E-state index >= 15 is 0 Å². The average molecular weight is 234 g/mol. The standard InChI is InChI=1S/C14H22N2O/c1-12-9-15-6-7-16(10-12)11-13-4-3-5-14(8-13)17-2/h3-5,8,12,15H,6-7,9-11H2,1-2H3. The van der Waals surface area contributed by atoms with E-state index in [1.807, 2.05) is 6.07 Å². The van der Waals surface area contributed by atoms with Gasteiger partial charge in [-0.1, -0.05) is 19.1 Å². The van der Waals surface area contributed by atoms with Gasteiger partial charge in [-0.2, -0.15) is 0 Å². The Morgan fingerprint density at radius 3 is 3.18 bits per heavy atom. The van der Waals surface area contributed by atoms with Gasteiger partial charge in [-0.25, -0.2) is 0 Å². The second-order valence-electron chi connectivity index (χ2n) is 4.90. The van der Waals surface area contributed by atoms with E-state index in [0.717, 1.165) is 37.8 Å². The molecule has 1 aliphatic heterocycles. The lowest BCUT2D eigenvalue weighted by Gasteiger charge is -2.22. The maximum atomic E-state index is 5.26. The van der Waals surface area contributed by atoms with E-state index in [0.29, 0.717) is 0 Å². The first-order valence-corrected chi connectivity index (χ1v) is 6.34. The van der Waals surface area contributed by atoms with Crippen molar-refractivity contribution in [2.24, 2.45) is 5.92 Å². The van der Waals surface area contributed by atoms with Crippen LogP contribution in [0.3, 0.4) is 0 Å². The highest BCUT2D eigenvalue weighted by Crippen LogP contribution is 2.15. The molecule has 2 rings (SSSR count). The predicted octanol–water partition coefficient (Wildman–Crippen LogP) is 1.74. The molecule has 1 saturated heterocycles. The van der Waals surface area contributed by atoms with E-state index in [1.54, 1.807) is 7.11 Å². The van der Waals surface area contributed by atoms with E-state index in [2.05, 4.69) is 35.3 Å². The van der Waals surface area contributed by atoms with Gasteiger partial charge in [0, 0.05) is 26.2 Å². The number of rotatable bonds is 3. The van der Waals surface area contributed by atoms with Gasteiger partial charge in [0.05, 0.1) is 7.11 Å². The minimum atomic E-state index is 0.725. The minimum absolute atomic E-state index is 0.725. The van der Waals surface area contributed by atoms with E-state index in [1.165, 1.54) is 12.1 Å². The highest BCUT2D eigenvalue weighted by atomic mass is 16.5. The van der Waals surface area contributed by atoms with Gasteiger partial charge >= 0.3 is 0 Å². The van der Waals surface area contributed by atoms with Crippen molar-refractivity contribution in [3.05, 3.63) is 29.8 Å².